The normalized spacial score (nSPS) is 30.0. The van der Waals surface area contributed by atoms with Crippen molar-refractivity contribution in [2.24, 2.45) is 11.8 Å². The fourth-order valence-corrected chi connectivity index (χ4v) is 6.92. The van der Waals surface area contributed by atoms with Crippen molar-refractivity contribution in [3.63, 3.8) is 0 Å². The van der Waals surface area contributed by atoms with Crippen LogP contribution in [0.5, 0.6) is 0 Å². The van der Waals surface area contributed by atoms with Gasteiger partial charge >= 0.3 is 0 Å². The van der Waals surface area contributed by atoms with Gasteiger partial charge in [0, 0.05) is 11.8 Å². The molecule has 154 valence electrons. The van der Waals surface area contributed by atoms with E-state index in [0.717, 1.165) is 47.4 Å². The zero-order valence-electron chi connectivity index (χ0n) is 17.7. The minimum atomic E-state index is -0.730. The molecule has 28 heavy (non-hydrogen) atoms. The molecular weight excluding hydrogens is 366 g/mol. The topological polar surface area (TPSA) is 49.1 Å². The second-order valence-electron chi connectivity index (χ2n) is 9.23. The molecule has 0 N–H and O–H groups in total. The summed E-state index contributed by atoms with van der Waals surface area (Å²) in [6.07, 6.45) is 9.65. The predicted molar refractivity (Wildman–Crippen MR) is 117 cm³/mol. The maximum Gasteiger partial charge on any atom is 0.198 e. The van der Waals surface area contributed by atoms with Crippen LogP contribution in [0.1, 0.15) is 95.4 Å². The molecule has 0 radical (unpaired) electrons. The lowest BCUT2D eigenvalue weighted by Crippen LogP contribution is -2.32. The Hall–Kier alpha value is -1.00. The quantitative estimate of drug-likeness (QED) is 0.534. The van der Waals surface area contributed by atoms with E-state index in [1.807, 2.05) is 6.92 Å². The van der Waals surface area contributed by atoms with Crippen molar-refractivity contribution in [3.05, 3.63) is 29.7 Å². The molecule has 2 aliphatic carbocycles. The van der Waals surface area contributed by atoms with Crippen molar-refractivity contribution in [1.82, 2.24) is 4.98 Å². The van der Waals surface area contributed by atoms with E-state index >= 15 is 0 Å². The van der Waals surface area contributed by atoms with E-state index in [0.29, 0.717) is 17.1 Å². The van der Waals surface area contributed by atoms with Gasteiger partial charge in [-0.1, -0.05) is 37.5 Å². The summed E-state index contributed by atoms with van der Waals surface area (Å²) in [5.74, 6) is 4.20. The zero-order chi connectivity index (χ0) is 19.7. The summed E-state index contributed by atoms with van der Waals surface area (Å²) in [4.78, 5) is 4.84. The largest absolute Gasteiger partial charge is 0.616 e. The molecule has 2 fully saturated rings. The molecule has 0 amide bonds. The van der Waals surface area contributed by atoms with Crippen molar-refractivity contribution in [2.75, 3.05) is 5.75 Å². The van der Waals surface area contributed by atoms with Crippen LogP contribution in [0, 0.1) is 11.8 Å². The van der Waals surface area contributed by atoms with E-state index < -0.39 is 11.2 Å². The highest BCUT2D eigenvalue weighted by atomic mass is 32.2. The standard InChI is InChI=1S/C24H35NO2S/c1-4-28(26)23-8-6-5-7-20(23)19-13-14-21-22(15-19)27-24(25-21)18-11-9-17(10-12-18)16(2)3/h13-18,20,23H,4-12H2,1-3H3. The number of fused-ring (bicyclic) bond motifs is 1. The van der Waals surface area contributed by atoms with Gasteiger partial charge in [-0.05, 0) is 81.4 Å². The van der Waals surface area contributed by atoms with Crippen molar-refractivity contribution >= 4 is 22.3 Å². The van der Waals surface area contributed by atoms with Crippen molar-refractivity contribution in [3.8, 4) is 0 Å². The molecule has 2 aromatic rings. The Labute approximate surface area is 172 Å². The summed E-state index contributed by atoms with van der Waals surface area (Å²) >= 11 is -0.730. The van der Waals surface area contributed by atoms with Crippen molar-refractivity contribution < 1.29 is 8.97 Å². The van der Waals surface area contributed by atoms with Gasteiger partial charge < -0.3 is 8.97 Å². The van der Waals surface area contributed by atoms with Crippen LogP contribution in [0.3, 0.4) is 0 Å². The van der Waals surface area contributed by atoms with Gasteiger partial charge in [0.1, 0.15) is 16.5 Å². The maximum absolute atomic E-state index is 12.6. The van der Waals surface area contributed by atoms with Crippen molar-refractivity contribution in [2.45, 2.75) is 89.2 Å². The van der Waals surface area contributed by atoms with Gasteiger partial charge in [-0.25, -0.2) is 4.98 Å². The number of hydrogen-bond donors (Lipinski definition) is 0. The molecule has 4 heteroatoms. The van der Waals surface area contributed by atoms with Crippen molar-refractivity contribution in [1.29, 1.82) is 0 Å². The van der Waals surface area contributed by atoms with Gasteiger partial charge in [-0.15, -0.1) is 0 Å². The Bertz CT molecular complexity index is 778. The first-order valence-electron chi connectivity index (χ1n) is 11.3. The average Bonchev–Trinajstić information content (AvgIpc) is 3.16. The Morgan fingerprint density at radius 2 is 1.86 bits per heavy atom. The first-order valence-corrected chi connectivity index (χ1v) is 12.7. The molecule has 1 heterocycles. The molecule has 2 aliphatic rings. The van der Waals surface area contributed by atoms with Gasteiger partial charge in [-0.2, -0.15) is 0 Å². The molecule has 1 aromatic heterocycles. The Balaban J connectivity index is 1.53. The second kappa shape index (κ2) is 8.79. The molecule has 2 saturated carbocycles. The minimum absolute atomic E-state index is 0.296. The molecule has 3 atom stereocenters. The minimum Gasteiger partial charge on any atom is -0.616 e. The van der Waals surface area contributed by atoms with E-state index in [1.54, 1.807) is 0 Å². The molecule has 0 saturated heterocycles. The van der Waals surface area contributed by atoms with Gasteiger partial charge in [-0.3, -0.25) is 0 Å². The van der Waals surface area contributed by atoms with E-state index in [9.17, 15) is 4.55 Å². The van der Waals surface area contributed by atoms with E-state index in [4.69, 9.17) is 9.40 Å². The lowest BCUT2D eigenvalue weighted by molar-refractivity contribution is 0.243. The third-order valence-corrected chi connectivity index (χ3v) is 9.05. The van der Waals surface area contributed by atoms with Crippen LogP contribution in [-0.4, -0.2) is 20.5 Å². The van der Waals surface area contributed by atoms with E-state index in [2.05, 4.69) is 32.0 Å². The van der Waals surface area contributed by atoms with Crippen LogP contribution >= 0.6 is 0 Å². The zero-order valence-corrected chi connectivity index (χ0v) is 18.5. The number of aromatic nitrogens is 1. The Morgan fingerprint density at radius 1 is 1.11 bits per heavy atom. The summed E-state index contributed by atoms with van der Waals surface area (Å²) in [5.41, 5.74) is 3.20. The predicted octanol–water partition coefficient (Wildman–Crippen LogP) is 6.55. The maximum atomic E-state index is 12.6. The molecule has 1 aromatic carbocycles. The number of benzene rings is 1. The Kier molecular flexibility index (Phi) is 6.37. The highest BCUT2D eigenvalue weighted by molar-refractivity contribution is 7.92. The van der Waals surface area contributed by atoms with E-state index in [1.165, 1.54) is 44.1 Å². The molecule has 0 spiro atoms. The van der Waals surface area contributed by atoms with Gasteiger partial charge in [0.15, 0.2) is 11.5 Å². The van der Waals surface area contributed by atoms with Gasteiger partial charge in [0.05, 0.1) is 0 Å². The van der Waals surface area contributed by atoms with Crippen LogP contribution in [0.2, 0.25) is 0 Å². The van der Waals surface area contributed by atoms with Crippen LogP contribution in [0.15, 0.2) is 22.6 Å². The van der Waals surface area contributed by atoms with Crippen LogP contribution < -0.4 is 0 Å². The second-order valence-corrected chi connectivity index (χ2v) is 11.2. The summed E-state index contributed by atoms with van der Waals surface area (Å²) in [5, 5.41) is 0.296. The number of hydrogen-bond acceptors (Lipinski definition) is 3. The summed E-state index contributed by atoms with van der Waals surface area (Å²) < 4.78 is 18.8. The fraction of sp³-hybridized carbons (Fsp3) is 0.708. The first kappa shape index (κ1) is 20.3. The molecular formula is C24H35NO2S. The smallest absolute Gasteiger partial charge is 0.198 e. The van der Waals surface area contributed by atoms with Gasteiger partial charge in [0.25, 0.3) is 0 Å². The lowest BCUT2D eigenvalue weighted by Gasteiger charge is -2.32. The Morgan fingerprint density at radius 3 is 2.57 bits per heavy atom. The number of nitrogens with zero attached hydrogens (tertiary/aromatic N) is 1. The van der Waals surface area contributed by atoms with Crippen LogP contribution in [0.25, 0.3) is 11.1 Å². The lowest BCUT2D eigenvalue weighted by atomic mass is 9.77. The summed E-state index contributed by atoms with van der Waals surface area (Å²) in [7, 11) is 0. The molecule has 0 bridgehead atoms. The monoisotopic (exact) mass is 401 g/mol. The SMILES string of the molecule is CC[S+]([O-])C1CCCCC1c1ccc2nc(C3CCC(C(C)C)CC3)oc2c1. The number of rotatable bonds is 5. The molecule has 3 nitrogen and oxygen atoms in total. The van der Waals surface area contributed by atoms with Crippen LogP contribution in [0.4, 0.5) is 0 Å². The van der Waals surface area contributed by atoms with Crippen LogP contribution in [-0.2, 0) is 11.2 Å². The highest BCUT2D eigenvalue weighted by Gasteiger charge is 2.35. The van der Waals surface area contributed by atoms with Gasteiger partial charge in [0.2, 0.25) is 0 Å². The van der Waals surface area contributed by atoms with E-state index in [-0.39, 0.29) is 0 Å². The average molecular weight is 402 g/mol. The summed E-state index contributed by atoms with van der Waals surface area (Å²) in [6.45, 7) is 6.73. The molecule has 4 rings (SSSR count). The molecule has 3 unspecified atom stereocenters. The third kappa shape index (κ3) is 4.14. The number of oxazole rings is 1. The summed E-state index contributed by atoms with van der Waals surface area (Å²) in [6, 6.07) is 6.53. The highest BCUT2D eigenvalue weighted by Crippen LogP contribution is 2.41. The fourth-order valence-electron chi connectivity index (χ4n) is 5.40. The third-order valence-electron chi connectivity index (χ3n) is 7.25. The first-order chi connectivity index (χ1) is 13.6. The molecule has 0 aliphatic heterocycles.